The molecule has 0 unspecified atom stereocenters. The predicted octanol–water partition coefficient (Wildman–Crippen LogP) is 2.88. The SMILES string of the molecule is CCOc1ccc(S(=O)(=O)N(CC(=O)NC[C@@H]2CCCO2)c2ccc(C)cc2)cc1. The van der Waals surface area contributed by atoms with E-state index < -0.39 is 10.0 Å². The molecule has 1 fully saturated rings. The maximum Gasteiger partial charge on any atom is 0.264 e. The van der Waals surface area contributed by atoms with E-state index in [0.29, 0.717) is 31.2 Å². The van der Waals surface area contributed by atoms with Gasteiger partial charge in [-0.3, -0.25) is 9.10 Å². The fourth-order valence-corrected chi connectivity index (χ4v) is 4.67. The predicted molar refractivity (Wildman–Crippen MR) is 115 cm³/mol. The highest BCUT2D eigenvalue weighted by molar-refractivity contribution is 7.92. The van der Waals surface area contributed by atoms with Gasteiger partial charge in [0.1, 0.15) is 12.3 Å². The van der Waals surface area contributed by atoms with Gasteiger partial charge in [-0.15, -0.1) is 0 Å². The highest BCUT2D eigenvalue weighted by Gasteiger charge is 2.27. The van der Waals surface area contributed by atoms with Crippen molar-refractivity contribution in [2.24, 2.45) is 0 Å². The molecule has 30 heavy (non-hydrogen) atoms. The van der Waals surface area contributed by atoms with Gasteiger partial charge in [0.2, 0.25) is 5.91 Å². The second kappa shape index (κ2) is 9.95. The van der Waals surface area contributed by atoms with Crippen molar-refractivity contribution < 1.29 is 22.7 Å². The van der Waals surface area contributed by atoms with Gasteiger partial charge in [-0.1, -0.05) is 17.7 Å². The van der Waals surface area contributed by atoms with Gasteiger partial charge in [-0.25, -0.2) is 8.42 Å². The third-order valence-electron chi connectivity index (χ3n) is 4.88. The van der Waals surface area contributed by atoms with Crippen molar-refractivity contribution in [2.45, 2.75) is 37.7 Å². The zero-order valence-corrected chi connectivity index (χ0v) is 18.2. The number of hydrogen-bond acceptors (Lipinski definition) is 5. The maximum atomic E-state index is 13.4. The van der Waals surface area contributed by atoms with Gasteiger partial charge in [-0.2, -0.15) is 0 Å². The van der Waals surface area contributed by atoms with Gasteiger partial charge in [0, 0.05) is 13.2 Å². The monoisotopic (exact) mass is 432 g/mol. The minimum Gasteiger partial charge on any atom is -0.494 e. The summed E-state index contributed by atoms with van der Waals surface area (Å²) in [5.41, 5.74) is 1.43. The third kappa shape index (κ3) is 5.52. The largest absolute Gasteiger partial charge is 0.494 e. The van der Waals surface area contributed by atoms with Crippen LogP contribution in [0.4, 0.5) is 5.69 Å². The van der Waals surface area contributed by atoms with Crippen LogP contribution in [0.2, 0.25) is 0 Å². The molecule has 0 aliphatic carbocycles. The Balaban J connectivity index is 1.82. The molecule has 0 spiro atoms. The smallest absolute Gasteiger partial charge is 0.264 e. The summed E-state index contributed by atoms with van der Waals surface area (Å²) >= 11 is 0. The van der Waals surface area contributed by atoms with E-state index in [1.54, 1.807) is 24.3 Å². The van der Waals surface area contributed by atoms with E-state index in [1.165, 1.54) is 12.1 Å². The number of amides is 1. The van der Waals surface area contributed by atoms with Crippen LogP contribution in [0.1, 0.15) is 25.3 Å². The summed E-state index contributed by atoms with van der Waals surface area (Å²) in [5.74, 6) is 0.216. The van der Waals surface area contributed by atoms with Crippen molar-refractivity contribution in [3.05, 3.63) is 54.1 Å². The summed E-state index contributed by atoms with van der Waals surface area (Å²) in [6.45, 7) is 5.03. The molecule has 8 heteroatoms. The Morgan fingerprint density at radius 2 is 1.87 bits per heavy atom. The molecule has 1 heterocycles. The van der Waals surface area contributed by atoms with Crippen LogP contribution in [0.5, 0.6) is 5.75 Å². The van der Waals surface area contributed by atoms with Gasteiger partial charge in [0.15, 0.2) is 0 Å². The fraction of sp³-hybridized carbons (Fsp3) is 0.409. The average Bonchev–Trinajstić information content (AvgIpc) is 3.26. The summed E-state index contributed by atoms with van der Waals surface area (Å²) < 4.78 is 38.8. The summed E-state index contributed by atoms with van der Waals surface area (Å²) in [4.78, 5) is 12.7. The highest BCUT2D eigenvalue weighted by Crippen LogP contribution is 2.25. The summed E-state index contributed by atoms with van der Waals surface area (Å²) in [6.07, 6.45) is 1.86. The lowest BCUT2D eigenvalue weighted by molar-refractivity contribution is -0.120. The summed E-state index contributed by atoms with van der Waals surface area (Å²) in [7, 11) is -3.95. The quantitative estimate of drug-likeness (QED) is 0.659. The van der Waals surface area contributed by atoms with Crippen LogP contribution in [-0.2, 0) is 19.6 Å². The number of benzene rings is 2. The second-order valence-electron chi connectivity index (χ2n) is 7.19. The first-order valence-electron chi connectivity index (χ1n) is 10.1. The van der Waals surface area contributed by atoms with Crippen LogP contribution in [0, 0.1) is 6.92 Å². The summed E-state index contributed by atoms with van der Waals surface area (Å²) in [5, 5.41) is 2.80. The Bertz CT molecular complexity index is 936. The number of hydrogen-bond donors (Lipinski definition) is 1. The van der Waals surface area contributed by atoms with Crippen molar-refractivity contribution in [3.63, 3.8) is 0 Å². The Morgan fingerprint density at radius 3 is 2.47 bits per heavy atom. The number of nitrogens with zero attached hydrogens (tertiary/aromatic N) is 1. The lowest BCUT2D eigenvalue weighted by atomic mass is 10.2. The van der Waals surface area contributed by atoms with Crippen molar-refractivity contribution in [3.8, 4) is 5.75 Å². The number of carbonyl (C=O) groups excluding carboxylic acids is 1. The molecule has 2 aromatic rings. The number of nitrogens with one attached hydrogen (secondary N) is 1. The molecule has 1 amide bonds. The number of rotatable bonds is 9. The minimum atomic E-state index is -3.95. The van der Waals surface area contributed by atoms with Crippen LogP contribution in [0.25, 0.3) is 0 Å². The Labute approximate surface area is 178 Å². The third-order valence-corrected chi connectivity index (χ3v) is 6.67. The molecule has 0 radical (unpaired) electrons. The van der Waals surface area contributed by atoms with Gasteiger partial charge in [0.25, 0.3) is 10.0 Å². The first-order chi connectivity index (χ1) is 14.4. The maximum absolute atomic E-state index is 13.4. The van der Waals surface area contributed by atoms with Crippen LogP contribution in [-0.4, -0.2) is 46.7 Å². The van der Waals surface area contributed by atoms with Gasteiger partial charge < -0.3 is 14.8 Å². The Hall–Kier alpha value is -2.58. The fourth-order valence-electron chi connectivity index (χ4n) is 3.25. The molecule has 0 aromatic heterocycles. The number of ether oxygens (including phenoxy) is 2. The van der Waals surface area contributed by atoms with E-state index in [0.717, 1.165) is 22.7 Å². The van der Waals surface area contributed by atoms with Crippen molar-refractivity contribution in [1.82, 2.24) is 5.32 Å². The minimum absolute atomic E-state index is 0.00973. The number of anilines is 1. The zero-order valence-electron chi connectivity index (χ0n) is 17.3. The lowest BCUT2D eigenvalue weighted by Gasteiger charge is -2.24. The molecule has 1 saturated heterocycles. The van der Waals surface area contributed by atoms with Crippen LogP contribution < -0.4 is 14.4 Å². The van der Waals surface area contributed by atoms with Crippen molar-refractivity contribution in [2.75, 3.05) is 30.6 Å². The first kappa shape index (κ1) is 22.1. The van der Waals surface area contributed by atoms with Crippen LogP contribution >= 0.6 is 0 Å². The van der Waals surface area contributed by atoms with Crippen molar-refractivity contribution in [1.29, 1.82) is 0 Å². The molecule has 162 valence electrons. The molecule has 2 aromatic carbocycles. The summed E-state index contributed by atoms with van der Waals surface area (Å²) in [6, 6.07) is 13.3. The van der Waals surface area contributed by atoms with E-state index in [-0.39, 0.29) is 23.5 Å². The Morgan fingerprint density at radius 1 is 1.17 bits per heavy atom. The first-order valence-corrected chi connectivity index (χ1v) is 11.5. The topological polar surface area (TPSA) is 84.9 Å². The lowest BCUT2D eigenvalue weighted by Crippen LogP contribution is -2.42. The molecule has 1 aliphatic heterocycles. The average molecular weight is 433 g/mol. The molecule has 1 aliphatic rings. The standard InChI is InChI=1S/C22H28N2O5S/c1-3-28-19-10-12-21(13-11-19)30(26,27)24(18-8-6-17(2)7-9-18)16-22(25)23-15-20-5-4-14-29-20/h6-13,20H,3-5,14-16H2,1-2H3,(H,23,25)/t20-/m0/s1. The molecule has 7 nitrogen and oxygen atoms in total. The van der Waals surface area contributed by atoms with E-state index in [4.69, 9.17) is 9.47 Å². The number of carbonyl (C=O) groups is 1. The molecule has 0 bridgehead atoms. The molecule has 1 N–H and O–H groups in total. The van der Waals surface area contributed by atoms with E-state index in [1.807, 2.05) is 26.0 Å². The number of aryl methyl sites for hydroxylation is 1. The van der Waals surface area contributed by atoms with Crippen LogP contribution in [0.3, 0.4) is 0 Å². The Kier molecular flexibility index (Phi) is 7.33. The normalized spacial score (nSPS) is 16.3. The van der Waals surface area contributed by atoms with Gasteiger partial charge in [-0.05, 0) is 63.1 Å². The van der Waals surface area contributed by atoms with E-state index >= 15 is 0 Å². The highest BCUT2D eigenvalue weighted by atomic mass is 32.2. The van der Waals surface area contributed by atoms with E-state index in [9.17, 15) is 13.2 Å². The second-order valence-corrected chi connectivity index (χ2v) is 9.05. The molecule has 1 atom stereocenters. The molecular weight excluding hydrogens is 404 g/mol. The van der Waals surface area contributed by atoms with E-state index in [2.05, 4.69) is 5.32 Å². The number of sulfonamides is 1. The molecule has 0 saturated carbocycles. The molecular formula is C22H28N2O5S. The molecule has 3 rings (SSSR count). The van der Waals surface area contributed by atoms with Crippen LogP contribution in [0.15, 0.2) is 53.4 Å². The zero-order chi connectivity index (χ0) is 21.6. The van der Waals surface area contributed by atoms with Crippen molar-refractivity contribution >= 4 is 21.6 Å². The van der Waals surface area contributed by atoms with Gasteiger partial charge in [0.05, 0.1) is 23.3 Å². The van der Waals surface area contributed by atoms with Gasteiger partial charge >= 0.3 is 0 Å².